The largest absolute Gasteiger partial charge is 0.387 e. The van der Waals surface area contributed by atoms with Gasteiger partial charge in [-0.05, 0) is 30.2 Å². The van der Waals surface area contributed by atoms with Crippen LogP contribution < -0.4 is 16.0 Å². The molecule has 13 nitrogen and oxygen atoms in total. The fraction of sp³-hybridized carbons (Fsp3) is 0.273. The molecular weight excluding hydrogens is 588 g/mol. The Morgan fingerprint density at radius 1 is 0.891 bits per heavy atom. The number of aliphatic hydroxyl groups is 2. The third-order valence-electron chi connectivity index (χ3n) is 7.78. The Balaban J connectivity index is 1.36. The lowest BCUT2D eigenvalue weighted by Crippen LogP contribution is -2.42. The molecule has 0 spiro atoms. The molecule has 4 heterocycles. The van der Waals surface area contributed by atoms with Crippen molar-refractivity contribution < 1.29 is 24.5 Å². The molecule has 1 aliphatic rings. The van der Waals surface area contributed by atoms with Crippen molar-refractivity contribution in [2.24, 2.45) is 0 Å². The van der Waals surface area contributed by atoms with Crippen LogP contribution >= 0.6 is 0 Å². The van der Waals surface area contributed by atoms with E-state index in [0.29, 0.717) is 24.3 Å². The number of fused-ring (bicyclic) bond motifs is 1. The van der Waals surface area contributed by atoms with Crippen LogP contribution in [0.2, 0.25) is 0 Å². The minimum Gasteiger partial charge on any atom is -0.387 e. The number of amides is 2. The van der Waals surface area contributed by atoms with Crippen molar-refractivity contribution in [2.45, 2.75) is 43.9 Å². The predicted molar refractivity (Wildman–Crippen MR) is 169 cm³/mol. The number of anilines is 1. The number of aliphatic hydroxyl groups excluding tert-OH is 2. The number of hydrogen-bond acceptors (Lipinski definition) is 10. The summed E-state index contributed by atoms with van der Waals surface area (Å²) in [5, 5.41) is 30.3. The van der Waals surface area contributed by atoms with Gasteiger partial charge in [0, 0.05) is 25.2 Å². The van der Waals surface area contributed by atoms with Crippen molar-refractivity contribution in [3.8, 4) is 0 Å². The molecule has 6 rings (SSSR count). The van der Waals surface area contributed by atoms with Crippen molar-refractivity contribution in [3.05, 3.63) is 114 Å². The van der Waals surface area contributed by atoms with Crippen molar-refractivity contribution in [1.29, 1.82) is 0 Å². The van der Waals surface area contributed by atoms with E-state index in [9.17, 15) is 19.8 Å². The van der Waals surface area contributed by atoms with Gasteiger partial charge in [-0.3, -0.25) is 19.1 Å². The van der Waals surface area contributed by atoms with Crippen molar-refractivity contribution in [1.82, 2.24) is 35.1 Å². The first-order chi connectivity index (χ1) is 22.4. The van der Waals surface area contributed by atoms with Gasteiger partial charge in [-0.25, -0.2) is 15.0 Å². The minimum absolute atomic E-state index is 0.0658. The predicted octanol–water partition coefficient (Wildman–Crippen LogP) is 2.15. The first kappa shape index (κ1) is 30.8. The number of carbonyl (C=O) groups excluding carboxylic acids is 2. The molecule has 0 saturated carbocycles. The van der Waals surface area contributed by atoms with Crippen LogP contribution in [0.1, 0.15) is 46.5 Å². The molecule has 2 aromatic carbocycles. The number of pyridine rings is 1. The van der Waals surface area contributed by atoms with Gasteiger partial charge < -0.3 is 30.9 Å². The summed E-state index contributed by atoms with van der Waals surface area (Å²) in [6.07, 6.45) is -2.47. The highest BCUT2D eigenvalue weighted by Crippen LogP contribution is 2.33. The Morgan fingerprint density at radius 3 is 2.24 bits per heavy atom. The van der Waals surface area contributed by atoms with Gasteiger partial charge in [-0.1, -0.05) is 66.7 Å². The second-order valence-corrected chi connectivity index (χ2v) is 10.8. The maximum Gasteiger partial charge on any atom is 0.289 e. The molecule has 5 N–H and O–H groups in total. The Hall–Kier alpha value is -5.24. The van der Waals surface area contributed by atoms with Gasteiger partial charge in [0.2, 0.25) is 5.82 Å². The fourth-order valence-corrected chi connectivity index (χ4v) is 5.46. The lowest BCUT2D eigenvalue weighted by atomic mass is 9.91. The number of imidazole rings is 1. The molecule has 0 unspecified atom stereocenters. The van der Waals surface area contributed by atoms with E-state index in [1.807, 2.05) is 42.5 Å². The van der Waals surface area contributed by atoms with E-state index in [2.05, 4.69) is 60.2 Å². The van der Waals surface area contributed by atoms with E-state index in [-0.39, 0.29) is 29.8 Å². The van der Waals surface area contributed by atoms with E-state index in [1.54, 1.807) is 25.3 Å². The molecular formula is C33H34N8O5. The molecule has 3 aromatic heterocycles. The zero-order chi connectivity index (χ0) is 32.0. The molecule has 0 aliphatic carbocycles. The molecule has 1 fully saturated rings. The van der Waals surface area contributed by atoms with Crippen LogP contribution in [0.5, 0.6) is 0 Å². The normalized spacial score (nSPS) is 19.3. The molecule has 0 bridgehead atoms. The molecule has 1 aliphatic heterocycles. The Morgan fingerprint density at radius 2 is 1.59 bits per heavy atom. The van der Waals surface area contributed by atoms with E-state index in [1.165, 1.54) is 10.9 Å². The summed E-state index contributed by atoms with van der Waals surface area (Å²) < 4.78 is 7.23. The standard InChI is InChI=1S/C33H34N8O5/c1-2-34-31(44)27-25(42)26(43)33(46-27)41-19-38-24-28(36-18-23(20-11-5-3-6-12-20)21-13-7-4-8-14-21)39-29(40-30(24)41)32(45)37-17-22-15-9-10-16-35-22/h3-16,19,23,25-27,33,42-43H,2,17-18H2,1H3,(H,34,44)(H,37,45)(H,36,39,40)/t25-,26-,27-,33+/m0/s1. The number of hydrogen-bond donors (Lipinski definition) is 5. The minimum atomic E-state index is -1.49. The van der Waals surface area contributed by atoms with Crippen LogP contribution in [0.25, 0.3) is 11.2 Å². The second kappa shape index (κ2) is 13.8. The fourth-order valence-electron chi connectivity index (χ4n) is 5.46. The number of aromatic nitrogens is 5. The van der Waals surface area contributed by atoms with E-state index in [0.717, 1.165) is 11.1 Å². The number of rotatable bonds is 11. The van der Waals surface area contributed by atoms with Crippen LogP contribution in [-0.2, 0) is 16.1 Å². The van der Waals surface area contributed by atoms with Gasteiger partial charge in [-0.2, -0.15) is 0 Å². The zero-order valence-corrected chi connectivity index (χ0v) is 25.0. The summed E-state index contributed by atoms with van der Waals surface area (Å²) in [6.45, 7) is 2.62. The van der Waals surface area contributed by atoms with Crippen molar-refractivity contribution >= 4 is 28.8 Å². The van der Waals surface area contributed by atoms with E-state index in [4.69, 9.17) is 4.74 Å². The van der Waals surface area contributed by atoms with Crippen LogP contribution in [0.15, 0.2) is 91.4 Å². The first-order valence-corrected chi connectivity index (χ1v) is 15.0. The van der Waals surface area contributed by atoms with Gasteiger partial charge in [-0.15, -0.1) is 0 Å². The molecule has 13 heteroatoms. The Bertz CT molecular complexity index is 1750. The summed E-state index contributed by atoms with van der Waals surface area (Å²) in [7, 11) is 0. The summed E-state index contributed by atoms with van der Waals surface area (Å²) in [6, 6.07) is 25.4. The molecule has 2 amide bonds. The van der Waals surface area contributed by atoms with Crippen LogP contribution in [0, 0.1) is 0 Å². The Labute approximate surface area is 264 Å². The van der Waals surface area contributed by atoms with Gasteiger partial charge in [0.25, 0.3) is 11.8 Å². The van der Waals surface area contributed by atoms with Crippen LogP contribution in [0.3, 0.4) is 0 Å². The smallest absolute Gasteiger partial charge is 0.289 e. The highest BCUT2D eigenvalue weighted by Gasteiger charge is 2.47. The molecule has 1 saturated heterocycles. The summed E-state index contributed by atoms with van der Waals surface area (Å²) in [5.41, 5.74) is 3.30. The highest BCUT2D eigenvalue weighted by atomic mass is 16.6. The molecule has 46 heavy (non-hydrogen) atoms. The zero-order valence-electron chi connectivity index (χ0n) is 25.0. The number of likely N-dealkylation sites (N-methyl/N-ethyl adjacent to an activating group) is 1. The number of benzene rings is 2. The number of carbonyl (C=O) groups is 2. The third kappa shape index (κ3) is 6.42. The highest BCUT2D eigenvalue weighted by molar-refractivity contribution is 5.94. The van der Waals surface area contributed by atoms with Gasteiger partial charge in [0.05, 0.1) is 18.6 Å². The summed E-state index contributed by atoms with van der Waals surface area (Å²) in [5.74, 6) is -1.04. The number of ether oxygens (including phenoxy) is 1. The lowest BCUT2D eigenvalue weighted by molar-refractivity contribution is -0.137. The maximum atomic E-state index is 13.4. The van der Waals surface area contributed by atoms with Crippen molar-refractivity contribution in [3.63, 3.8) is 0 Å². The summed E-state index contributed by atoms with van der Waals surface area (Å²) in [4.78, 5) is 43.7. The molecule has 5 aromatic rings. The first-order valence-electron chi connectivity index (χ1n) is 15.0. The lowest BCUT2D eigenvalue weighted by Gasteiger charge is -2.20. The third-order valence-corrected chi connectivity index (χ3v) is 7.78. The van der Waals surface area contributed by atoms with Gasteiger partial charge in [0.15, 0.2) is 29.3 Å². The van der Waals surface area contributed by atoms with Gasteiger partial charge >= 0.3 is 0 Å². The quantitative estimate of drug-likeness (QED) is 0.147. The number of nitrogens with one attached hydrogen (secondary N) is 3. The number of nitrogens with zero attached hydrogens (tertiary/aromatic N) is 5. The molecule has 0 radical (unpaired) electrons. The van der Waals surface area contributed by atoms with Crippen LogP contribution in [0.4, 0.5) is 5.82 Å². The van der Waals surface area contributed by atoms with Crippen molar-refractivity contribution in [2.75, 3.05) is 18.4 Å². The Kier molecular flexibility index (Phi) is 9.24. The molecule has 4 atom stereocenters. The second-order valence-electron chi connectivity index (χ2n) is 10.8. The summed E-state index contributed by atoms with van der Waals surface area (Å²) >= 11 is 0. The topological polar surface area (TPSA) is 176 Å². The van der Waals surface area contributed by atoms with Crippen LogP contribution in [-0.4, -0.2) is 77.9 Å². The average Bonchev–Trinajstić information content (AvgIpc) is 3.65. The SMILES string of the molecule is CCNC(=O)[C@H]1O[C@@H](n2cnc3c(NCC(c4ccccc4)c4ccccc4)nc(C(=O)NCc4ccccn4)nc32)[C@@H](O)[C@@H]1O. The average molecular weight is 623 g/mol. The maximum absolute atomic E-state index is 13.4. The van der Waals surface area contributed by atoms with Gasteiger partial charge in [0.1, 0.15) is 12.2 Å². The monoisotopic (exact) mass is 622 g/mol. The molecule has 236 valence electrons. The van der Waals surface area contributed by atoms with E-state index < -0.39 is 36.4 Å². The van der Waals surface area contributed by atoms with E-state index >= 15 is 0 Å².